The molecule has 0 saturated carbocycles. The van der Waals surface area contributed by atoms with Crippen molar-refractivity contribution in [1.82, 2.24) is 4.90 Å². The predicted octanol–water partition coefficient (Wildman–Crippen LogP) is 4.18. The maximum atomic E-state index is 12.2. The van der Waals surface area contributed by atoms with Gasteiger partial charge in [0.25, 0.3) is 0 Å². The number of nitrogens with zero attached hydrogens (tertiary/aromatic N) is 1. The fourth-order valence-corrected chi connectivity index (χ4v) is 3.25. The monoisotopic (exact) mass is 362 g/mol. The largest absolute Gasteiger partial charge is 0.497 e. The maximum absolute atomic E-state index is 12.2. The van der Waals surface area contributed by atoms with Crippen molar-refractivity contribution in [3.63, 3.8) is 0 Å². The number of nitrogens with one attached hydrogen (secondary N) is 1. The van der Waals surface area contributed by atoms with E-state index in [2.05, 4.69) is 19.2 Å². The average Bonchev–Trinajstić information content (AvgIpc) is 2.60. The van der Waals surface area contributed by atoms with Gasteiger partial charge < -0.3 is 19.7 Å². The van der Waals surface area contributed by atoms with Crippen LogP contribution >= 0.6 is 0 Å². The van der Waals surface area contributed by atoms with Crippen molar-refractivity contribution in [3.05, 3.63) is 18.2 Å². The Balaban J connectivity index is 1.88. The number of carbonyl (C=O) groups excluding carboxylic acids is 1. The van der Waals surface area contributed by atoms with E-state index in [4.69, 9.17) is 9.47 Å². The first-order valence-corrected chi connectivity index (χ1v) is 9.75. The lowest BCUT2D eigenvalue weighted by molar-refractivity contribution is -0.133. The molecule has 0 atom stereocenters. The number of ether oxygens (including phenoxy) is 2. The van der Waals surface area contributed by atoms with Gasteiger partial charge in [0.2, 0.25) is 5.91 Å². The molecule has 1 aliphatic rings. The van der Waals surface area contributed by atoms with Crippen LogP contribution in [0.2, 0.25) is 0 Å². The number of hydrogen-bond donors (Lipinski definition) is 1. The Bertz CT molecular complexity index is 579. The summed E-state index contributed by atoms with van der Waals surface area (Å²) in [6.07, 6.45) is 2.87. The Labute approximate surface area is 158 Å². The van der Waals surface area contributed by atoms with E-state index in [-0.39, 0.29) is 6.10 Å². The molecule has 146 valence electrons. The minimum absolute atomic E-state index is 0.124. The molecule has 1 aromatic rings. The van der Waals surface area contributed by atoms with Gasteiger partial charge in [0.05, 0.1) is 18.9 Å². The molecular weight excluding hydrogens is 328 g/mol. The molecule has 1 fully saturated rings. The molecule has 5 nitrogen and oxygen atoms in total. The van der Waals surface area contributed by atoms with Crippen molar-refractivity contribution in [1.29, 1.82) is 0 Å². The summed E-state index contributed by atoms with van der Waals surface area (Å²) in [5.74, 6) is 2.96. The van der Waals surface area contributed by atoms with Crippen molar-refractivity contribution < 1.29 is 14.3 Å². The molecule has 26 heavy (non-hydrogen) atoms. The number of methoxy groups -OCH3 is 1. The third-order valence-corrected chi connectivity index (χ3v) is 4.68. The van der Waals surface area contributed by atoms with Crippen LogP contribution < -0.4 is 14.8 Å². The summed E-state index contributed by atoms with van der Waals surface area (Å²) in [6, 6.07) is 5.86. The van der Waals surface area contributed by atoms with E-state index < -0.39 is 0 Å². The number of anilines is 1. The van der Waals surface area contributed by atoms with Gasteiger partial charge in [-0.3, -0.25) is 4.79 Å². The van der Waals surface area contributed by atoms with Crippen LogP contribution in [0.15, 0.2) is 18.2 Å². The van der Waals surface area contributed by atoms with Gasteiger partial charge in [0.1, 0.15) is 11.5 Å². The number of benzene rings is 1. The molecule has 1 amide bonds. The molecule has 5 heteroatoms. The number of carbonyl (C=O) groups is 1. The zero-order valence-electron chi connectivity index (χ0n) is 16.9. The third kappa shape index (κ3) is 6.11. The van der Waals surface area contributed by atoms with Gasteiger partial charge in [-0.15, -0.1) is 0 Å². The molecule has 0 aliphatic carbocycles. The smallest absolute Gasteiger partial charge is 0.222 e. The molecule has 0 radical (unpaired) electrons. The van der Waals surface area contributed by atoms with Gasteiger partial charge in [0.15, 0.2) is 0 Å². The summed E-state index contributed by atoms with van der Waals surface area (Å²) in [6.45, 7) is 10.9. The van der Waals surface area contributed by atoms with E-state index >= 15 is 0 Å². The molecule has 1 heterocycles. The summed E-state index contributed by atoms with van der Waals surface area (Å²) >= 11 is 0. The number of likely N-dealkylation sites (tertiary alicyclic amines) is 1. The van der Waals surface area contributed by atoms with E-state index in [0.29, 0.717) is 24.2 Å². The SMILES string of the molecule is COc1ccc(OC(C)C)c(NCC2CCN(C(=O)CC(C)C)CC2)c1. The van der Waals surface area contributed by atoms with Gasteiger partial charge in [-0.05, 0) is 50.7 Å². The van der Waals surface area contributed by atoms with Gasteiger partial charge >= 0.3 is 0 Å². The van der Waals surface area contributed by atoms with Crippen LogP contribution in [0, 0.1) is 11.8 Å². The normalized spacial score (nSPS) is 15.4. The van der Waals surface area contributed by atoms with Crippen LogP contribution in [0.3, 0.4) is 0 Å². The standard InChI is InChI=1S/C21H34N2O3/c1-15(2)12-21(24)23-10-8-17(9-11-23)14-22-19-13-18(25-5)6-7-20(19)26-16(3)4/h6-7,13,15-17,22H,8-12,14H2,1-5H3. The van der Waals surface area contributed by atoms with Crippen LogP contribution in [-0.2, 0) is 4.79 Å². The van der Waals surface area contributed by atoms with Crippen LogP contribution in [0.5, 0.6) is 11.5 Å². The molecule has 0 unspecified atom stereocenters. The van der Waals surface area contributed by atoms with Crippen molar-refractivity contribution in [2.45, 2.75) is 53.1 Å². The number of hydrogen-bond acceptors (Lipinski definition) is 4. The molecule has 0 aromatic heterocycles. The van der Waals surface area contributed by atoms with Crippen molar-refractivity contribution >= 4 is 11.6 Å². The Morgan fingerprint density at radius 3 is 2.50 bits per heavy atom. The van der Waals surface area contributed by atoms with Gasteiger partial charge in [-0.25, -0.2) is 0 Å². The molecule has 0 bridgehead atoms. The molecule has 1 aromatic carbocycles. The summed E-state index contributed by atoms with van der Waals surface area (Å²) < 4.78 is 11.2. The highest BCUT2D eigenvalue weighted by atomic mass is 16.5. The van der Waals surface area contributed by atoms with Gasteiger partial charge in [-0.2, -0.15) is 0 Å². The zero-order chi connectivity index (χ0) is 19.1. The molecule has 0 spiro atoms. The minimum atomic E-state index is 0.124. The first-order valence-electron chi connectivity index (χ1n) is 9.75. The first-order chi connectivity index (χ1) is 12.4. The first kappa shape index (κ1) is 20.4. The highest BCUT2D eigenvalue weighted by Crippen LogP contribution is 2.31. The van der Waals surface area contributed by atoms with E-state index in [0.717, 1.165) is 49.7 Å². The van der Waals surface area contributed by atoms with E-state index in [9.17, 15) is 4.79 Å². The van der Waals surface area contributed by atoms with Crippen LogP contribution in [0.4, 0.5) is 5.69 Å². The number of piperidine rings is 1. The van der Waals surface area contributed by atoms with Crippen LogP contribution in [0.25, 0.3) is 0 Å². The average molecular weight is 363 g/mol. The lowest BCUT2D eigenvalue weighted by Gasteiger charge is -2.33. The molecule has 1 saturated heterocycles. The zero-order valence-corrected chi connectivity index (χ0v) is 16.9. The lowest BCUT2D eigenvalue weighted by atomic mass is 9.96. The number of amides is 1. The second-order valence-corrected chi connectivity index (χ2v) is 7.83. The van der Waals surface area contributed by atoms with E-state index in [1.165, 1.54) is 0 Å². The molecule has 2 rings (SSSR count). The highest BCUT2D eigenvalue weighted by Gasteiger charge is 2.23. The quantitative estimate of drug-likeness (QED) is 0.754. The summed E-state index contributed by atoms with van der Waals surface area (Å²) in [4.78, 5) is 14.2. The fourth-order valence-electron chi connectivity index (χ4n) is 3.25. The second-order valence-electron chi connectivity index (χ2n) is 7.83. The Morgan fingerprint density at radius 1 is 1.23 bits per heavy atom. The topological polar surface area (TPSA) is 50.8 Å². The Morgan fingerprint density at radius 2 is 1.92 bits per heavy atom. The van der Waals surface area contributed by atoms with Crippen LogP contribution in [-0.4, -0.2) is 43.7 Å². The third-order valence-electron chi connectivity index (χ3n) is 4.68. The second kappa shape index (κ2) is 9.70. The van der Waals surface area contributed by atoms with E-state index in [1.54, 1.807) is 7.11 Å². The predicted molar refractivity (Wildman–Crippen MR) is 106 cm³/mol. The van der Waals surface area contributed by atoms with Crippen molar-refractivity contribution in [2.24, 2.45) is 11.8 Å². The maximum Gasteiger partial charge on any atom is 0.222 e. The fraction of sp³-hybridized carbons (Fsp3) is 0.667. The Hall–Kier alpha value is -1.91. The minimum Gasteiger partial charge on any atom is -0.497 e. The van der Waals surface area contributed by atoms with Crippen molar-refractivity contribution in [3.8, 4) is 11.5 Å². The van der Waals surface area contributed by atoms with E-state index in [1.807, 2.05) is 36.9 Å². The van der Waals surface area contributed by atoms with Gasteiger partial charge in [-0.1, -0.05) is 13.8 Å². The molecule has 1 aliphatic heterocycles. The Kier molecular flexibility index (Phi) is 7.61. The van der Waals surface area contributed by atoms with Crippen molar-refractivity contribution in [2.75, 3.05) is 32.1 Å². The summed E-state index contributed by atoms with van der Waals surface area (Å²) in [7, 11) is 1.67. The summed E-state index contributed by atoms with van der Waals surface area (Å²) in [5.41, 5.74) is 0.969. The lowest BCUT2D eigenvalue weighted by Crippen LogP contribution is -2.40. The van der Waals surface area contributed by atoms with Crippen LogP contribution in [0.1, 0.15) is 47.0 Å². The van der Waals surface area contributed by atoms with Gasteiger partial charge in [0, 0.05) is 32.1 Å². The molecular formula is C21H34N2O3. The summed E-state index contributed by atoms with van der Waals surface area (Å²) in [5, 5.41) is 3.53. The molecule has 1 N–H and O–H groups in total. The number of rotatable bonds is 8. The highest BCUT2D eigenvalue weighted by molar-refractivity contribution is 5.76.